The Bertz CT molecular complexity index is 812. The van der Waals surface area contributed by atoms with Crippen LogP contribution in [0.25, 0.3) is 0 Å². The molecule has 5 heteroatoms. The number of carbonyl (C=O) groups excluding carboxylic acids is 1. The standard InChI is InChI=1S/C20H20N2O2S/c1-2-4-15-6-8-16(9-7-15)19(18-5-3-14-25-18)21-20(23)17-10-12-22(24)13-11-17/h3,5-14,19H,2,4H2,1H3,(H,21,23). The van der Waals surface area contributed by atoms with E-state index < -0.39 is 0 Å². The van der Waals surface area contributed by atoms with Gasteiger partial charge in [0.25, 0.3) is 5.91 Å². The first-order chi connectivity index (χ1) is 12.2. The van der Waals surface area contributed by atoms with Gasteiger partial charge in [-0.3, -0.25) is 4.79 Å². The summed E-state index contributed by atoms with van der Waals surface area (Å²) in [7, 11) is 0. The van der Waals surface area contributed by atoms with Crippen molar-refractivity contribution in [1.82, 2.24) is 5.32 Å². The molecule has 128 valence electrons. The molecule has 3 aromatic rings. The van der Waals surface area contributed by atoms with Crippen LogP contribution in [0, 0.1) is 5.21 Å². The Labute approximate surface area is 151 Å². The van der Waals surface area contributed by atoms with Gasteiger partial charge in [-0.25, -0.2) is 0 Å². The molecule has 1 aromatic carbocycles. The number of nitrogens with zero attached hydrogens (tertiary/aromatic N) is 1. The van der Waals surface area contributed by atoms with Gasteiger partial charge in [0.15, 0.2) is 12.4 Å². The first-order valence-corrected chi connectivity index (χ1v) is 9.17. The minimum atomic E-state index is -0.206. The fourth-order valence-electron chi connectivity index (χ4n) is 2.72. The van der Waals surface area contributed by atoms with Gasteiger partial charge < -0.3 is 10.5 Å². The van der Waals surface area contributed by atoms with E-state index in [9.17, 15) is 10.0 Å². The minimum absolute atomic E-state index is 0.198. The molecule has 0 fully saturated rings. The Kier molecular flexibility index (Phi) is 5.46. The number of thiophene rings is 1. The van der Waals surface area contributed by atoms with Crippen LogP contribution in [0.3, 0.4) is 0 Å². The number of rotatable bonds is 6. The van der Waals surface area contributed by atoms with Crippen LogP contribution in [0.4, 0.5) is 0 Å². The number of hydrogen-bond donors (Lipinski definition) is 1. The van der Waals surface area contributed by atoms with E-state index in [0.29, 0.717) is 10.3 Å². The van der Waals surface area contributed by atoms with E-state index in [0.717, 1.165) is 23.3 Å². The lowest BCUT2D eigenvalue weighted by Gasteiger charge is -2.18. The van der Waals surface area contributed by atoms with Crippen LogP contribution in [0.5, 0.6) is 0 Å². The molecule has 2 aromatic heterocycles. The van der Waals surface area contributed by atoms with E-state index in [-0.39, 0.29) is 11.9 Å². The van der Waals surface area contributed by atoms with Crippen molar-refractivity contribution in [2.24, 2.45) is 0 Å². The third kappa shape index (κ3) is 4.25. The van der Waals surface area contributed by atoms with Gasteiger partial charge in [-0.05, 0) is 29.0 Å². The molecule has 0 aliphatic carbocycles. The van der Waals surface area contributed by atoms with Crippen molar-refractivity contribution in [3.05, 3.63) is 93.1 Å². The number of aryl methyl sites for hydroxylation is 1. The van der Waals surface area contributed by atoms with Crippen molar-refractivity contribution in [3.63, 3.8) is 0 Å². The summed E-state index contributed by atoms with van der Waals surface area (Å²) in [4.78, 5) is 13.7. The molecule has 0 spiro atoms. The highest BCUT2D eigenvalue weighted by Crippen LogP contribution is 2.27. The molecule has 1 N–H and O–H groups in total. The summed E-state index contributed by atoms with van der Waals surface area (Å²) in [6.45, 7) is 2.16. The molecule has 1 atom stereocenters. The van der Waals surface area contributed by atoms with E-state index in [1.165, 1.54) is 30.1 Å². The third-order valence-corrected chi connectivity index (χ3v) is 4.96. The smallest absolute Gasteiger partial charge is 0.252 e. The van der Waals surface area contributed by atoms with E-state index in [4.69, 9.17) is 0 Å². The Morgan fingerprint density at radius 1 is 1.16 bits per heavy atom. The molecule has 3 rings (SSSR count). The summed E-state index contributed by atoms with van der Waals surface area (Å²) in [6.07, 6.45) is 4.82. The third-order valence-electron chi connectivity index (χ3n) is 4.02. The minimum Gasteiger partial charge on any atom is -0.619 e. The lowest BCUT2D eigenvalue weighted by Crippen LogP contribution is -2.30. The first kappa shape index (κ1) is 17.2. The van der Waals surface area contributed by atoms with Crippen LogP contribution < -0.4 is 10.0 Å². The van der Waals surface area contributed by atoms with E-state index in [1.54, 1.807) is 11.3 Å². The van der Waals surface area contributed by atoms with Crippen molar-refractivity contribution < 1.29 is 9.52 Å². The maximum Gasteiger partial charge on any atom is 0.252 e. The average Bonchev–Trinajstić information content (AvgIpc) is 3.15. The van der Waals surface area contributed by atoms with Crippen molar-refractivity contribution in [1.29, 1.82) is 0 Å². The summed E-state index contributed by atoms with van der Waals surface area (Å²) in [5.41, 5.74) is 2.81. The largest absolute Gasteiger partial charge is 0.619 e. The molecule has 0 aliphatic heterocycles. The van der Waals surface area contributed by atoms with Crippen molar-refractivity contribution in [3.8, 4) is 0 Å². The maximum atomic E-state index is 12.6. The lowest BCUT2D eigenvalue weighted by molar-refractivity contribution is -0.605. The first-order valence-electron chi connectivity index (χ1n) is 8.29. The maximum absolute atomic E-state index is 12.6. The van der Waals surface area contributed by atoms with Crippen LogP contribution in [-0.2, 0) is 6.42 Å². The topological polar surface area (TPSA) is 56.0 Å². The van der Waals surface area contributed by atoms with Gasteiger partial charge in [-0.15, -0.1) is 11.3 Å². The summed E-state index contributed by atoms with van der Waals surface area (Å²) >= 11 is 1.61. The Hall–Kier alpha value is -2.66. The van der Waals surface area contributed by atoms with E-state index in [2.05, 4.69) is 36.5 Å². The number of aromatic nitrogens is 1. The Morgan fingerprint density at radius 3 is 2.48 bits per heavy atom. The Morgan fingerprint density at radius 2 is 1.88 bits per heavy atom. The van der Waals surface area contributed by atoms with Gasteiger partial charge in [0, 0.05) is 17.0 Å². The lowest BCUT2D eigenvalue weighted by atomic mass is 10.0. The molecule has 0 aliphatic rings. The number of amides is 1. The van der Waals surface area contributed by atoms with Gasteiger partial charge in [-0.1, -0.05) is 43.7 Å². The molecule has 25 heavy (non-hydrogen) atoms. The van der Waals surface area contributed by atoms with Crippen molar-refractivity contribution in [2.45, 2.75) is 25.8 Å². The Balaban J connectivity index is 1.85. The number of nitrogens with one attached hydrogen (secondary N) is 1. The number of hydrogen-bond acceptors (Lipinski definition) is 3. The number of pyridine rings is 1. The highest BCUT2D eigenvalue weighted by Gasteiger charge is 2.19. The molecule has 0 radical (unpaired) electrons. The highest BCUT2D eigenvalue weighted by atomic mass is 32.1. The molecule has 0 saturated heterocycles. The zero-order chi connectivity index (χ0) is 17.6. The van der Waals surface area contributed by atoms with Gasteiger partial charge >= 0.3 is 0 Å². The predicted octanol–water partition coefficient (Wildman–Crippen LogP) is 3.85. The predicted molar refractivity (Wildman–Crippen MR) is 99.5 cm³/mol. The molecule has 1 unspecified atom stereocenters. The molecular weight excluding hydrogens is 332 g/mol. The van der Waals surface area contributed by atoms with Crippen LogP contribution in [-0.4, -0.2) is 5.91 Å². The molecule has 0 bridgehead atoms. The second-order valence-electron chi connectivity index (χ2n) is 5.86. The summed E-state index contributed by atoms with van der Waals surface area (Å²) in [5.74, 6) is -0.198. The second-order valence-corrected chi connectivity index (χ2v) is 6.84. The zero-order valence-corrected chi connectivity index (χ0v) is 14.8. The molecule has 2 heterocycles. The SMILES string of the molecule is CCCc1ccc(C(NC(=O)c2cc[n+]([O-])cc2)c2cccs2)cc1. The monoisotopic (exact) mass is 352 g/mol. The van der Waals surface area contributed by atoms with Gasteiger partial charge in [-0.2, -0.15) is 4.73 Å². The van der Waals surface area contributed by atoms with Gasteiger partial charge in [0.1, 0.15) is 0 Å². The van der Waals surface area contributed by atoms with Crippen LogP contribution in [0.1, 0.15) is 45.7 Å². The van der Waals surface area contributed by atoms with Gasteiger partial charge in [0.2, 0.25) is 0 Å². The van der Waals surface area contributed by atoms with Crippen molar-refractivity contribution in [2.75, 3.05) is 0 Å². The number of carbonyl (C=O) groups is 1. The molecule has 1 amide bonds. The molecule has 0 saturated carbocycles. The molecular formula is C20H20N2O2S. The fourth-order valence-corrected chi connectivity index (χ4v) is 3.52. The summed E-state index contributed by atoms with van der Waals surface area (Å²) < 4.78 is 0.667. The normalized spacial score (nSPS) is 11.9. The average molecular weight is 352 g/mol. The summed E-state index contributed by atoms with van der Waals surface area (Å²) in [6, 6.07) is 15.2. The quantitative estimate of drug-likeness (QED) is 0.541. The summed E-state index contributed by atoms with van der Waals surface area (Å²) in [5, 5.41) is 16.2. The second kappa shape index (κ2) is 7.94. The van der Waals surface area contributed by atoms with Crippen molar-refractivity contribution >= 4 is 17.2 Å². The van der Waals surface area contributed by atoms with Crippen LogP contribution in [0.2, 0.25) is 0 Å². The van der Waals surface area contributed by atoms with E-state index >= 15 is 0 Å². The van der Waals surface area contributed by atoms with Crippen LogP contribution in [0.15, 0.2) is 66.3 Å². The number of benzene rings is 1. The zero-order valence-electron chi connectivity index (χ0n) is 14.0. The highest BCUT2D eigenvalue weighted by molar-refractivity contribution is 7.10. The van der Waals surface area contributed by atoms with Crippen LogP contribution >= 0.6 is 11.3 Å². The van der Waals surface area contributed by atoms with E-state index in [1.807, 2.05) is 17.5 Å². The fraction of sp³-hybridized carbons (Fsp3) is 0.200. The molecule has 4 nitrogen and oxygen atoms in total. The van der Waals surface area contributed by atoms with Gasteiger partial charge in [0.05, 0.1) is 11.6 Å².